The summed E-state index contributed by atoms with van der Waals surface area (Å²) in [5, 5.41) is 8.14. The Morgan fingerprint density at radius 1 is 1.00 bits per heavy atom. The molecule has 3 aromatic rings. The molecule has 1 aromatic heterocycles. The maximum atomic E-state index is 3.33. The Morgan fingerprint density at radius 3 is 2.60 bits per heavy atom. The van der Waals surface area contributed by atoms with Gasteiger partial charge in [-0.05, 0) is 41.3 Å². The molecule has 0 spiro atoms. The van der Waals surface area contributed by atoms with Crippen molar-refractivity contribution in [3.8, 4) is 0 Å². The third-order valence-electron chi connectivity index (χ3n) is 3.72. The Morgan fingerprint density at radius 2 is 1.85 bits per heavy atom. The second kappa shape index (κ2) is 6.21. The molecule has 0 aliphatic heterocycles. The third-order valence-corrected chi connectivity index (χ3v) is 4.62. The summed E-state index contributed by atoms with van der Waals surface area (Å²) >= 11 is 1.85. The topological polar surface area (TPSA) is 12.0 Å². The molecular formula is C18H19NS. The Bertz CT molecular complexity index is 673. The molecule has 102 valence electrons. The molecule has 1 nitrogen and oxygen atoms in total. The van der Waals surface area contributed by atoms with E-state index in [1.54, 1.807) is 0 Å². The van der Waals surface area contributed by atoms with Gasteiger partial charge >= 0.3 is 0 Å². The lowest BCUT2D eigenvalue weighted by atomic mass is 9.93. The van der Waals surface area contributed by atoms with Crippen LogP contribution in [0.15, 0.2) is 60.0 Å². The fourth-order valence-corrected chi connectivity index (χ4v) is 3.47. The number of thiophene rings is 1. The van der Waals surface area contributed by atoms with Gasteiger partial charge in [0.1, 0.15) is 0 Å². The summed E-state index contributed by atoms with van der Waals surface area (Å²) in [6.07, 6.45) is 1.11. The summed E-state index contributed by atoms with van der Waals surface area (Å²) in [6, 6.07) is 19.8. The van der Waals surface area contributed by atoms with Gasteiger partial charge in [0.05, 0.1) is 0 Å². The highest BCUT2D eigenvalue weighted by molar-refractivity contribution is 7.09. The van der Waals surface area contributed by atoms with Crippen LogP contribution in [0.3, 0.4) is 0 Å². The van der Waals surface area contributed by atoms with E-state index < -0.39 is 0 Å². The molecule has 0 unspecified atom stereocenters. The van der Waals surface area contributed by atoms with Crippen LogP contribution >= 0.6 is 11.3 Å². The van der Waals surface area contributed by atoms with Gasteiger partial charge in [0, 0.05) is 17.3 Å². The fraction of sp³-hybridized carbons (Fsp3) is 0.222. The Kier molecular flexibility index (Phi) is 4.14. The molecule has 3 rings (SSSR count). The molecule has 0 saturated heterocycles. The summed E-state index contributed by atoms with van der Waals surface area (Å²) < 4.78 is 0. The normalized spacial score (nSPS) is 12.7. The molecule has 1 N–H and O–H groups in total. The molecule has 0 amide bonds. The number of rotatable bonds is 5. The lowest BCUT2D eigenvalue weighted by molar-refractivity contribution is 0.630. The van der Waals surface area contributed by atoms with Crippen LogP contribution in [-0.4, -0.2) is 13.6 Å². The summed E-state index contributed by atoms with van der Waals surface area (Å²) in [7, 11) is 2.03. The monoisotopic (exact) mass is 281 g/mol. The maximum absolute atomic E-state index is 3.33. The number of hydrogen-bond donors (Lipinski definition) is 1. The first-order valence-corrected chi connectivity index (χ1v) is 7.90. The minimum absolute atomic E-state index is 0.531. The van der Waals surface area contributed by atoms with E-state index in [1.165, 1.54) is 21.2 Å². The van der Waals surface area contributed by atoms with Crippen molar-refractivity contribution in [2.24, 2.45) is 0 Å². The van der Waals surface area contributed by atoms with Gasteiger partial charge in [-0.1, -0.05) is 48.5 Å². The van der Waals surface area contributed by atoms with E-state index in [9.17, 15) is 0 Å². The first-order chi connectivity index (χ1) is 9.86. The molecule has 0 radical (unpaired) electrons. The Labute approximate surface area is 124 Å². The van der Waals surface area contributed by atoms with Crippen molar-refractivity contribution >= 4 is 22.1 Å². The number of likely N-dealkylation sites (N-methyl/N-ethyl adjacent to an activating group) is 1. The van der Waals surface area contributed by atoms with Crippen LogP contribution in [0.1, 0.15) is 16.4 Å². The zero-order valence-corrected chi connectivity index (χ0v) is 12.5. The third kappa shape index (κ3) is 2.92. The maximum Gasteiger partial charge on any atom is 0.00517 e. The quantitative estimate of drug-likeness (QED) is 0.728. The van der Waals surface area contributed by atoms with Crippen LogP contribution in [0.4, 0.5) is 0 Å². The zero-order chi connectivity index (χ0) is 13.8. The van der Waals surface area contributed by atoms with E-state index in [1.807, 2.05) is 18.4 Å². The predicted octanol–water partition coefficient (Wildman–Crippen LogP) is 4.45. The van der Waals surface area contributed by atoms with Crippen LogP contribution < -0.4 is 5.32 Å². The number of hydrogen-bond acceptors (Lipinski definition) is 2. The van der Waals surface area contributed by atoms with Gasteiger partial charge in [-0.25, -0.2) is 0 Å². The Balaban J connectivity index is 1.91. The van der Waals surface area contributed by atoms with E-state index in [2.05, 4.69) is 65.3 Å². The first-order valence-electron chi connectivity index (χ1n) is 7.02. The largest absolute Gasteiger partial charge is 0.319 e. The number of fused-ring (bicyclic) bond motifs is 1. The highest BCUT2D eigenvalue weighted by atomic mass is 32.1. The van der Waals surface area contributed by atoms with E-state index in [4.69, 9.17) is 0 Å². The highest BCUT2D eigenvalue weighted by Crippen LogP contribution is 2.26. The average Bonchev–Trinajstić information content (AvgIpc) is 2.99. The molecule has 0 aliphatic rings. The molecule has 0 aliphatic carbocycles. The molecule has 2 aromatic carbocycles. The van der Waals surface area contributed by atoms with Crippen LogP contribution in [-0.2, 0) is 6.42 Å². The summed E-state index contributed by atoms with van der Waals surface area (Å²) in [5.41, 5.74) is 1.42. The number of nitrogens with one attached hydrogen (secondary N) is 1. The molecule has 0 saturated carbocycles. The lowest BCUT2D eigenvalue weighted by Crippen LogP contribution is -2.18. The molecule has 1 heterocycles. The van der Waals surface area contributed by atoms with Gasteiger partial charge in [-0.2, -0.15) is 0 Å². The smallest absolute Gasteiger partial charge is 0.00517 e. The van der Waals surface area contributed by atoms with E-state index in [-0.39, 0.29) is 0 Å². The highest BCUT2D eigenvalue weighted by Gasteiger charge is 2.12. The van der Waals surface area contributed by atoms with Crippen molar-refractivity contribution in [3.05, 3.63) is 70.4 Å². The van der Waals surface area contributed by atoms with Gasteiger partial charge in [0.25, 0.3) is 0 Å². The standard InChI is InChI=1S/C18H19NS/c1-19-13-17(12-18-7-4-10-20-18)16-9-8-14-5-2-3-6-15(14)11-16/h2-11,17,19H,12-13H2,1H3/t17-/m1/s1. The molecule has 20 heavy (non-hydrogen) atoms. The zero-order valence-electron chi connectivity index (χ0n) is 11.7. The van der Waals surface area contributed by atoms with Crippen molar-refractivity contribution < 1.29 is 0 Å². The van der Waals surface area contributed by atoms with Gasteiger partial charge in [0.15, 0.2) is 0 Å². The van der Waals surface area contributed by atoms with Gasteiger partial charge in [0.2, 0.25) is 0 Å². The molecule has 1 atom stereocenters. The molecule has 2 heteroatoms. The average molecular weight is 281 g/mol. The van der Waals surface area contributed by atoms with Crippen molar-refractivity contribution in [2.75, 3.05) is 13.6 Å². The van der Waals surface area contributed by atoms with Gasteiger partial charge in [-0.15, -0.1) is 11.3 Å². The molecule has 0 bridgehead atoms. The minimum Gasteiger partial charge on any atom is -0.319 e. The van der Waals surface area contributed by atoms with Crippen LogP contribution in [0.5, 0.6) is 0 Å². The van der Waals surface area contributed by atoms with Crippen LogP contribution in [0.25, 0.3) is 10.8 Å². The van der Waals surface area contributed by atoms with Crippen LogP contribution in [0.2, 0.25) is 0 Å². The second-order valence-electron chi connectivity index (χ2n) is 5.14. The molecular weight excluding hydrogens is 262 g/mol. The first kappa shape index (κ1) is 13.3. The summed E-state index contributed by atoms with van der Waals surface area (Å²) in [6.45, 7) is 1.01. The van der Waals surface area contributed by atoms with Gasteiger partial charge in [-0.3, -0.25) is 0 Å². The SMILES string of the molecule is CNC[C@@H](Cc1cccs1)c1ccc2ccccc2c1. The lowest BCUT2D eigenvalue weighted by Gasteiger charge is -2.17. The van der Waals surface area contributed by atoms with Gasteiger partial charge < -0.3 is 5.32 Å². The van der Waals surface area contributed by atoms with Crippen molar-refractivity contribution in [3.63, 3.8) is 0 Å². The molecule has 0 fully saturated rings. The summed E-state index contributed by atoms with van der Waals surface area (Å²) in [4.78, 5) is 1.46. The van der Waals surface area contributed by atoms with Crippen LogP contribution in [0, 0.1) is 0 Å². The van der Waals surface area contributed by atoms with E-state index >= 15 is 0 Å². The van der Waals surface area contributed by atoms with Crippen molar-refractivity contribution in [2.45, 2.75) is 12.3 Å². The van der Waals surface area contributed by atoms with Crippen molar-refractivity contribution in [1.29, 1.82) is 0 Å². The van der Waals surface area contributed by atoms with E-state index in [0.717, 1.165) is 13.0 Å². The second-order valence-corrected chi connectivity index (χ2v) is 6.18. The fourth-order valence-electron chi connectivity index (χ4n) is 2.69. The number of benzene rings is 2. The van der Waals surface area contributed by atoms with E-state index in [0.29, 0.717) is 5.92 Å². The van der Waals surface area contributed by atoms with Crippen molar-refractivity contribution in [1.82, 2.24) is 5.32 Å². The predicted molar refractivity (Wildman–Crippen MR) is 88.6 cm³/mol. The Hall–Kier alpha value is -1.64. The minimum atomic E-state index is 0.531. The summed E-state index contributed by atoms with van der Waals surface area (Å²) in [5.74, 6) is 0.531.